The maximum atomic E-state index is 13.5. The van der Waals surface area contributed by atoms with Gasteiger partial charge in [0.1, 0.15) is 6.04 Å². The summed E-state index contributed by atoms with van der Waals surface area (Å²) in [5.41, 5.74) is 0.703. The number of benzene rings is 1. The van der Waals surface area contributed by atoms with E-state index in [0.29, 0.717) is 70.3 Å². The highest BCUT2D eigenvalue weighted by Gasteiger charge is 2.43. The lowest BCUT2D eigenvalue weighted by atomic mass is 10.0. The molecular weight excluding hydrogens is 388 g/mol. The number of amides is 3. The molecule has 2 aliphatic rings. The molecule has 0 unspecified atom stereocenters. The minimum Gasteiger partial charge on any atom is -0.377 e. The number of carbonyl (C=O) groups excluding carboxylic acids is 3. The molecule has 0 spiro atoms. The SMILES string of the molecule is CC(C)C[C@H](C(=O)N1CCOCCOCCOCC1)N1C(=O)c2ccccc2C1=O. The number of imide groups is 1. The normalized spacial score (nSPS) is 20.0. The van der Waals surface area contributed by atoms with Crippen LogP contribution < -0.4 is 0 Å². The van der Waals surface area contributed by atoms with Crippen molar-refractivity contribution in [1.82, 2.24) is 9.80 Å². The van der Waals surface area contributed by atoms with Crippen LogP contribution in [0, 0.1) is 5.92 Å². The van der Waals surface area contributed by atoms with Crippen LogP contribution in [0.5, 0.6) is 0 Å². The molecule has 3 rings (SSSR count). The van der Waals surface area contributed by atoms with Crippen LogP contribution in [0.1, 0.15) is 41.0 Å². The predicted octanol–water partition coefficient (Wildman–Crippen LogP) is 1.59. The third-order valence-electron chi connectivity index (χ3n) is 5.18. The van der Waals surface area contributed by atoms with E-state index in [-0.39, 0.29) is 11.8 Å². The van der Waals surface area contributed by atoms with Gasteiger partial charge in [0.2, 0.25) is 5.91 Å². The van der Waals surface area contributed by atoms with E-state index in [1.807, 2.05) is 13.8 Å². The Labute approximate surface area is 177 Å². The topological polar surface area (TPSA) is 85.4 Å². The van der Waals surface area contributed by atoms with Crippen molar-refractivity contribution in [1.29, 1.82) is 0 Å². The van der Waals surface area contributed by atoms with Crippen LogP contribution in [0.2, 0.25) is 0 Å². The minimum atomic E-state index is -0.853. The van der Waals surface area contributed by atoms with Crippen molar-refractivity contribution >= 4 is 17.7 Å². The monoisotopic (exact) mass is 418 g/mol. The van der Waals surface area contributed by atoms with E-state index in [9.17, 15) is 14.4 Å². The zero-order valence-corrected chi connectivity index (χ0v) is 17.7. The van der Waals surface area contributed by atoms with Gasteiger partial charge in [-0.15, -0.1) is 0 Å². The summed E-state index contributed by atoms with van der Waals surface area (Å²) in [7, 11) is 0. The molecule has 0 bridgehead atoms. The van der Waals surface area contributed by atoms with Crippen LogP contribution in [0.15, 0.2) is 24.3 Å². The van der Waals surface area contributed by atoms with Crippen molar-refractivity contribution < 1.29 is 28.6 Å². The van der Waals surface area contributed by atoms with E-state index in [0.717, 1.165) is 4.90 Å². The van der Waals surface area contributed by atoms with Crippen LogP contribution in [-0.2, 0) is 19.0 Å². The van der Waals surface area contributed by atoms with Gasteiger partial charge in [-0.3, -0.25) is 19.3 Å². The van der Waals surface area contributed by atoms with Crippen molar-refractivity contribution in [2.24, 2.45) is 5.92 Å². The standard InChI is InChI=1S/C22H30N2O6/c1-16(2)15-19(24-20(25)17-5-3-4-6-18(17)21(24)26)22(27)23-7-9-28-11-13-30-14-12-29-10-8-23/h3-6,16,19H,7-15H2,1-2H3/t19-/m1/s1. The minimum absolute atomic E-state index is 0.125. The van der Waals surface area contributed by atoms with E-state index in [1.54, 1.807) is 29.2 Å². The summed E-state index contributed by atoms with van der Waals surface area (Å²) in [6.45, 7) is 7.20. The van der Waals surface area contributed by atoms with Crippen LogP contribution >= 0.6 is 0 Å². The Bertz CT molecular complexity index is 719. The highest BCUT2D eigenvalue weighted by molar-refractivity contribution is 6.22. The molecule has 3 amide bonds. The average molecular weight is 418 g/mol. The van der Waals surface area contributed by atoms with Gasteiger partial charge in [0.25, 0.3) is 11.8 Å². The first-order valence-electron chi connectivity index (χ1n) is 10.5. The molecular formula is C22H30N2O6. The molecule has 1 aromatic rings. The Morgan fingerprint density at radius 2 is 1.33 bits per heavy atom. The number of hydrogen-bond acceptors (Lipinski definition) is 6. The number of ether oxygens (including phenoxy) is 3. The molecule has 0 aliphatic carbocycles. The fourth-order valence-corrected chi connectivity index (χ4v) is 3.69. The smallest absolute Gasteiger partial charge is 0.262 e. The molecule has 0 saturated carbocycles. The molecule has 1 fully saturated rings. The van der Waals surface area contributed by atoms with Gasteiger partial charge in [-0.2, -0.15) is 0 Å². The van der Waals surface area contributed by atoms with Crippen LogP contribution in [-0.4, -0.2) is 86.3 Å². The molecule has 1 aromatic carbocycles. The Kier molecular flexibility index (Phi) is 7.95. The molecule has 30 heavy (non-hydrogen) atoms. The molecule has 1 saturated heterocycles. The van der Waals surface area contributed by atoms with Gasteiger partial charge in [0.15, 0.2) is 0 Å². The quantitative estimate of drug-likeness (QED) is 0.691. The number of nitrogens with zero attached hydrogens (tertiary/aromatic N) is 2. The van der Waals surface area contributed by atoms with Gasteiger partial charge in [-0.1, -0.05) is 26.0 Å². The second-order valence-electron chi connectivity index (χ2n) is 7.83. The van der Waals surface area contributed by atoms with E-state index in [1.165, 1.54) is 0 Å². The van der Waals surface area contributed by atoms with Gasteiger partial charge in [-0.25, -0.2) is 0 Å². The highest BCUT2D eigenvalue weighted by atomic mass is 16.5. The molecule has 0 radical (unpaired) electrons. The lowest BCUT2D eigenvalue weighted by Crippen LogP contribution is -2.52. The van der Waals surface area contributed by atoms with Gasteiger partial charge >= 0.3 is 0 Å². The van der Waals surface area contributed by atoms with E-state index in [4.69, 9.17) is 14.2 Å². The maximum Gasteiger partial charge on any atom is 0.262 e. The molecule has 2 heterocycles. The van der Waals surface area contributed by atoms with Crippen LogP contribution in [0.4, 0.5) is 0 Å². The summed E-state index contributed by atoms with van der Waals surface area (Å²) in [4.78, 5) is 42.3. The highest BCUT2D eigenvalue weighted by Crippen LogP contribution is 2.27. The van der Waals surface area contributed by atoms with Crippen molar-refractivity contribution in [3.8, 4) is 0 Å². The summed E-state index contributed by atoms with van der Waals surface area (Å²) >= 11 is 0. The second-order valence-corrected chi connectivity index (χ2v) is 7.83. The Balaban J connectivity index is 1.80. The number of carbonyl (C=O) groups is 3. The molecule has 8 nitrogen and oxygen atoms in total. The van der Waals surface area contributed by atoms with E-state index >= 15 is 0 Å². The van der Waals surface area contributed by atoms with E-state index in [2.05, 4.69) is 0 Å². The summed E-state index contributed by atoms with van der Waals surface area (Å²) in [6, 6.07) is 5.86. The van der Waals surface area contributed by atoms with Crippen LogP contribution in [0.3, 0.4) is 0 Å². The summed E-state index contributed by atoms with van der Waals surface area (Å²) in [5, 5.41) is 0. The summed E-state index contributed by atoms with van der Waals surface area (Å²) in [6.07, 6.45) is 0.399. The summed E-state index contributed by atoms with van der Waals surface area (Å²) < 4.78 is 16.5. The van der Waals surface area contributed by atoms with E-state index < -0.39 is 17.9 Å². The largest absolute Gasteiger partial charge is 0.377 e. The molecule has 1 atom stereocenters. The molecule has 164 valence electrons. The maximum absolute atomic E-state index is 13.5. The molecule has 8 heteroatoms. The van der Waals surface area contributed by atoms with Gasteiger partial charge in [-0.05, 0) is 24.5 Å². The Morgan fingerprint density at radius 3 is 1.80 bits per heavy atom. The Morgan fingerprint density at radius 1 is 0.867 bits per heavy atom. The van der Waals surface area contributed by atoms with Crippen molar-refractivity contribution in [3.63, 3.8) is 0 Å². The van der Waals surface area contributed by atoms with Crippen LogP contribution in [0.25, 0.3) is 0 Å². The third kappa shape index (κ3) is 5.24. The average Bonchev–Trinajstić information content (AvgIpc) is 2.97. The van der Waals surface area contributed by atoms with Crippen molar-refractivity contribution in [2.75, 3.05) is 52.7 Å². The lowest BCUT2D eigenvalue weighted by Gasteiger charge is -2.32. The number of rotatable bonds is 4. The molecule has 2 aliphatic heterocycles. The molecule has 0 N–H and O–H groups in total. The number of fused-ring (bicyclic) bond motifs is 1. The zero-order valence-electron chi connectivity index (χ0n) is 17.7. The fraction of sp³-hybridized carbons (Fsp3) is 0.591. The van der Waals surface area contributed by atoms with Crippen molar-refractivity contribution in [3.05, 3.63) is 35.4 Å². The Hall–Kier alpha value is -2.29. The first-order valence-corrected chi connectivity index (χ1v) is 10.5. The zero-order chi connectivity index (χ0) is 21.5. The predicted molar refractivity (Wildman–Crippen MR) is 109 cm³/mol. The lowest BCUT2D eigenvalue weighted by molar-refractivity contribution is -0.138. The first kappa shape index (κ1) is 22.4. The third-order valence-corrected chi connectivity index (χ3v) is 5.18. The first-order chi connectivity index (χ1) is 14.5. The van der Waals surface area contributed by atoms with Gasteiger partial charge < -0.3 is 19.1 Å². The second kappa shape index (κ2) is 10.7. The number of hydrogen-bond donors (Lipinski definition) is 0. The van der Waals surface area contributed by atoms with Gasteiger partial charge in [0.05, 0.1) is 50.8 Å². The summed E-state index contributed by atoms with van der Waals surface area (Å²) in [5.74, 6) is -0.943. The molecule has 0 aromatic heterocycles. The van der Waals surface area contributed by atoms with Gasteiger partial charge in [0, 0.05) is 13.1 Å². The fourth-order valence-electron chi connectivity index (χ4n) is 3.69. The van der Waals surface area contributed by atoms with Crippen molar-refractivity contribution in [2.45, 2.75) is 26.3 Å².